The normalized spacial score (nSPS) is 11.4. The van der Waals surface area contributed by atoms with Gasteiger partial charge in [-0.1, -0.05) is 43.0 Å². The Hall–Kier alpha value is -2.14. The molecular formula is C15H19NO4. The van der Waals surface area contributed by atoms with Crippen molar-refractivity contribution in [2.24, 2.45) is 5.73 Å². The lowest BCUT2D eigenvalue weighted by atomic mass is 10.2. The van der Waals surface area contributed by atoms with E-state index >= 15 is 0 Å². The summed E-state index contributed by atoms with van der Waals surface area (Å²) in [5, 5.41) is 0. The molecule has 20 heavy (non-hydrogen) atoms. The van der Waals surface area contributed by atoms with Gasteiger partial charge < -0.3 is 15.2 Å². The topological polar surface area (TPSA) is 78.6 Å². The molecule has 0 aliphatic carbocycles. The van der Waals surface area contributed by atoms with Gasteiger partial charge in [0.1, 0.15) is 19.3 Å². The summed E-state index contributed by atoms with van der Waals surface area (Å²) in [6.07, 6.45) is 1.74. The van der Waals surface area contributed by atoms with E-state index < -0.39 is 12.0 Å². The molecule has 108 valence electrons. The molecule has 0 aliphatic rings. The molecule has 0 radical (unpaired) electrons. The SMILES string of the molecule is C=CCOC(=O)C(N)CCC(=O)OCc1ccccc1. The third kappa shape index (κ3) is 6.15. The van der Waals surface area contributed by atoms with Crippen molar-refractivity contribution in [3.05, 3.63) is 48.6 Å². The van der Waals surface area contributed by atoms with Gasteiger partial charge in [0.15, 0.2) is 0 Å². The zero-order chi connectivity index (χ0) is 14.8. The highest BCUT2D eigenvalue weighted by Gasteiger charge is 2.16. The first-order chi connectivity index (χ1) is 9.63. The first-order valence-electron chi connectivity index (χ1n) is 6.36. The van der Waals surface area contributed by atoms with Gasteiger partial charge in [0.2, 0.25) is 0 Å². The molecule has 1 aromatic rings. The van der Waals surface area contributed by atoms with Crippen LogP contribution in [0, 0.1) is 0 Å². The van der Waals surface area contributed by atoms with E-state index in [0.717, 1.165) is 5.56 Å². The average molecular weight is 277 g/mol. The minimum atomic E-state index is -0.820. The summed E-state index contributed by atoms with van der Waals surface area (Å²) < 4.78 is 9.86. The number of carbonyl (C=O) groups excluding carboxylic acids is 2. The van der Waals surface area contributed by atoms with E-state index in [1.54, 1.807) is 0 Å². The Morgan fingerprint density at radius 3 is 2.60 bits per heavy atom. The molecule has 1 atom stereocenters. The maximum absolute atomic E-state index is 11.5. The smallest absolute Gasteiger partial charge is 0.323 e. The predicted octanol–water partition coefficient (Wildman–Crippen LogP) is 1.57. The van der Waals surface area contributed by atoms with Crippen molar-refractivity contribution in [3.63, 3.8) is 0 Å². The Labute approximate surface area is 118 Å². The van der Waals surface area contributed by atoms with Crippen molar-refractivity contribution in [3.8, 4) is 0 Å². The number of nitrogens with two attached hydrogens (primary N) is 1. The summed E-state index contributed by atoms with van der Waals surface area (Å²) in [6.45, 7) is 3.76. The summed E-state index contributed by atoms with van der Waals surface area (Å²) >= 11 is 0. The largest absolute Gasteiger partial charge is 0.461 e. The summed E-state index contributed by atoms with van der Waals surface area (Å²) in [5.41, 5.74) is 6.51. The lowest BCUT2D eigenvalue weighted by Gasteiger charge is -2.10. The van der Waals surface area contributed by atoms with Crippen LogP contribution < -0.4 is 5.73 Å². The molecule has 0 fully saturated rings. The number of benzene rings is 1. The fourth-order valence-corrected chi connectivity index (χ4v) is 1.45. The second-order valence-corrected chi connectivity index (χ2v) is 4.21. The maximum atomic E-state index is 11.5. The van der Waals surface area contributed by atoms with Crippen LogP contribution in [-0.4, -0.2) is 24.6 Å². The van der Waals surface area contributed by atoms with Crippen LogP contribution >= 0.6 is 0 Å². The summed E-state index contributed by atoms with van der Waals surface area (Å²) in [5.74, 6) is -0.929. The van der Waals surface area contributed by atoms with E-state index in [1.165, 1.54) is 6.08 Å². The number of carbonyl (C=O) groups is 2. The highest BCUT2D eigenvalue weighted by Crippen LogP contribution is 2.04. The number of hydrogen-bond acceptors (Lipinski definition) is 5. The van der Waals surface area contributed by atoms with Crippen molar-refractivity contribution >= 4 is 11.9 Å². The molecule has 1 unspecified atom stereocenters. The predicted molar refractivity (Wildman–Crippen MR) is 74.6 cm³/mol. The van der Waals surface area contributed by atoms with Gasteiger partial charge in [-0.05, 0) is 12.0 Å². The molecule has 0 aliphatic heterocycles. The molecule has 5 nitrogen and oxygen atoms in total. The van der Waals surface area contributed by atoms with E-state index in [-0.39, 0.29) is 32.0 Å². The van der Waals surface area contributed by atoms with E-state index in [9.17, 15) is 9.59 Å². The fourth-order valence-electron chi connectivity index (χ4n) is 1.45. The maximum Gasteiger partial charge on any atom is 0.323 e. The standard InChI is InChI=1S/C15H19NO4/c1-2-10-19-15(18)13(16)8-9-14(17)20-11-12-6-4-3-5-7-12/h2-7,13H,1,8-11,16H2. The molecule has 0 bridgehead atoms. The van der Waals surface area contributed by atoms with Crippen molar-refractivity contribution in [1.82, 2.24) is 0 Å². The molecular weight excluding hydrogens is 258 g/mol. The quantitative estimate of drug-likeness (QED) is 0.576. The molecule has 1 aromatic carbocycles. The molecule has 0 aromatic heterocycles. The van der Waals surface area contributed by atoms with Gasteiger partial charge in [-0.3, -0.25) is 9.59 Å². The molecule has 0 saturated heterocycles. The lowest BCUT2D eigenvalue weighted by Crippen LogP contribution is -2.33. The van der Waals surface area contributed by atoms with Gasteiger partial charge >= 0.3 is 11.9 Å². The number of ether oxygens (including phenoxy) is 2. The van der Waals surface area contributed by atoms with E-state index in [1.807, 2.05) is 30.3 Å². The Bertz CT molecular complexity index is 444. The van der Waals surface area contributed by atoms with Crippen LogP contribution in [0.25, 0.3) is 0 Å². The summed E-state index contributed by atoms with van der Waals surface area (Å²) in [6, 6.07) is 8.54. The number of rotatable bonds is 8. The Morgan fingerprint density at radius 2 is 1.95 bits per heavy atom. The van der Waals surface area contributed by atoms with Crippen LogP contribution in [0.15, 0.2) is 43.0 Å². The van der Waals surface area contributed by atoms with Crippen LogP contribution in [0.2, 0.25) is 0 Å². The Morgan fingerprint density at radius 1 is 1.25 bits per heavy atom. The van der Waals surface area contributed by atoms with Crippen LogP contribution in [0.5, 0.6) is 0 Å². The van der Waals surface area contributed by atoms with Gasteiger partial charge in [0.05, 0.1) is 0 Å². The summed E-state index contributed by atoms with van der Waals surface area (Å²) in [7, 11) is 0. The fraction of sp³-hybridized carbons (Fsp3) is 0.333. The Balaban J connectivity index is 2.22. The third-order valence-corrected chi connectivity index (χ3v) is 2.55. The van der Waals surface area contributed by atoms with Gasteiger partial charge in [0, 0.05) is 6.42 Å². The molecule has 0 heterocycles. The van der Waals surface area contributed by atoms with Crippen molar-refractivity contribution < 1.29 is 19.1 Å². The van der Waals surface area contributed by atoms with Crippen LogP contribution in [-0.2, 0) is 25.7 Å². The minimum absolute atomic E-state index is 0.0805. The van der Waals surface area contributed by atoms with Crippen LogP contribution in [0.3, 0.4) is 0 Å². The van der Waals surface area contributed by atoms with Crippen molar-refractivity contribution in [1.29, 1.82) is 0 Å². The molecule has 0 amide bonds. The van der Waals surface area contributed by atoms with E-state index in [4.69, 9.17) is 15.2 Å². The van der Waals surface area contributed by atoms with Crippen molar-refractivity contribution in [2.45, 2.75) is 25.5 Å². The summed E-state index contributed by atoms with van der Waals surface area (Å²) in [4.78, 5) is 22.9. The second-order valence-electron chi connectivity index (χ2n) is 4.21. The number of esters is 2. The third-order valence-electron chi connectivity index (χ3n) is 2.55. The molecule has 5 heteroatoms. The van der Waals surface area contributed by atoms with Gasteiger partial charge in [-0.2, -0.15) is 0 Å². The zero-order valence-corrected chi connectivity index (χ0v) is 11.3. The molecule has 2 N–H and O–H groups in total. The van der Waals surface area contributed by atoms with Gasteiger partial charge in [-0.15, -0.1) is 0 Å². The van der Waals surface area contributed by atoms with Crippen LogP contribution in [0.4, 0.5) is 0 Å². The van der Waals surface area contributed by atoms with E-state index in [0.29, 0.717) is 0 Å². The molecule has 1 rings (SSSR count). The molecule has 0 spiro atoms. The average Bonchev–Trinajstić information content (AvgIpc) is 2.49. The van der Waals surface area contributed by atoms with E-state index in [2.05, 4.69) is 6.58 Å². The van der Waals surface area contributed by atoms with Crippen molar-refractivity contribution in [2.75, 3.05) is 6.61 Å². The highest BCUT2D eigenvalue weighted by molar-refractivity contribution is 5.77. The Kier molecular flexibility index (Phi) is 7.06. The monoisotopic (exact) mass is 277 g/mol. The lowest BCUT2D eigenvalue weighted by molar-refractivity contribution is -0.146. The first-order valence-corrected chi connectivity index (χ1v) is 6.36. The first kappa shape index (κ1) is 15.9. The minimum Gasteiger partial charge on any atom is -0.461 e. The zero-order valence-electron chi connectivity index (χ0n) is 11.3. The highest BCUT2D eigenvalue weighted by atomic mass is 16.5. The number of hydrogen-bond donors (Lipinski definition) is 1. The van der Waals surface area contributed by atoms with Crippen LogP contribution in [0.1, 0.15) is 18.4 Å². The second kappa shape index (κ2) is 8.87. The molecule has 0 saturated carbocycles. The van der Waals surface area contributed by atoms with Gasteiger partial charge in [0.25, 0.3) is 0 Å². The van der Waals surface area contributed by atoms with Gasteiger partial charge in [-0.25, -0.2) is 0 Å².